The minimum Gasteiger partial charge on any atom is -0.460 e. The number of carbonyl (C=O) groups is 3. The molecule has 0 spiro atoms. The molecule has 3 N–H and O–H groups in total. The van der Waals surface area contributed by atoms with Crippen molar-refractivity contribution in [2.24, 2.45) is 5.92 Å². The highest BCUT2D eigenvalue weighted by atomic mass is 16.6. The number of hydrogen-bond acceptors (Lipinski definition) is 8. The molecule has 9 nitrogen and oxygen atoms in total. The summed E-state index contributed by atoms with van der Waals surface area (Å²) in [4.78, 5) is 38.6. The van der Waals surface area contributed by atoms with Crippen LogP contribution in [0.15, 0.2) is 54.1 Å². The van der Waals surface area contributed by atoms with Crippen molar-refractivity contribution in [3.8, 4) is 0 Å². The largest absolute Gasteiger partial charge is 0.460 e. The molecule has 260 valence electrons. The van der Waals surface area contributed by atoms with Gasteiger partial charge < -0.3 is 35.0 Å². The number of carbonyl (C=O) groups excluding carboxylic acids is 3. The smallest absolute Gasteiger partial charge is 0.410 e. The highest BCUT2D eigenvalue weighted by Crippen LogP contribution is 2.36. The van der Waals surface area contributed by atoms with Crippen molar-refractivity contribution in [1.82, 2.24) is 4.90 Å². The van der Waals surface area contributed by atoms with Crippen molar-refractivity contribution in [3.05, 3.63) is 82.0 Å². The maximum Gasteiger partial charge on any atom is 0.410 e. The van der Waals surface area contributed by atoms with Gasteiger partial charge in [0.25, 0.3) is 0 Å². The van der Waals surface area contributed by atoms with Crippen LogP contribution in [0.1, 0.15) is 94.5 Å². The first-order chi connectivity index (χ1) is 22.6. The van der Waals surface area contributed by atoms with E-state index in [1.807, 2.05) is 72.8 Å². The number of fused-ring (bicyclic) bond motifs is 1. The molecule has 2 aromatic rings. The Morgan fingerprint density at radius 2 is 1.79 bits per heavy atom. The molecule has 2 aliphatic rings. The lowest BCUT2D eigenvalue weighted by atomic mass is 9.83. The van der Waals surface area contributed by atoms with E-state index >= 15 is 0 Å². The molecule has 2 aromatic carbocycles. The predicted octanol–water partition coefficient (Wildman–Crippen LogP) is 7.25. The lowest BCUT2D eigenvalue weighted by Gasteiger charge is -2.32. The summed E-state index contributed by atoms with van der Waals surface area (Å²) in [6.45, 7) is 16.0. The van der Waals surface area contributed by atoms with Crippen LogP contribution in [0.4, 0.5) is 16.2 Å². The van der Waals surface area contributed by atoms with Gasteiger partial charge in [0.2, 0.25) is 0 Å². The number of amides is 1. The number of aldehydes is 1. The zero-order valence-corrected chi connectivity index (χ0v) is 29.7. The van der Waals surface area contributed by atoms with E-state index in [2.05, 4.69) is 29.6 Å². The van der Waals surface area contributed by atoms with Crippen molar-refractivity contribution in [3.63, 3.8) is 0 Å². The first-order valence-corrected chi connectivity index (χ1v) is 17.0. The van der Waals surface area contributed by atoms with Gasteiger partial charge in [-0.2, -0.15) is 0 Å². The van der Waals surface area contributed by atoms with Crippen LogP contribution in [0, 0.1) is 12.8 Å². The van der Waals surface area contributed by atoms with Crippen LogP contribution < -0.4 is 11.1 Å². The van der Waals surface area contributed by atoms with Crippen LogP contribution in [0.25, 0.3) is 0 Å². The zero-order valence-electron chi connectivity index (χ0n) is 29.7. The number of hydrogen-bond donors (Lipinski definition) is 2. The van der Waals surface area contributed by atoms with Crippen LogP contribution in [0.2, 0.25) is 0 Å². The fraction of sp³-hybridized carbons (Fsp3) is 0.513. The second-order valence-electron chi connectivity index (χ2n) is 14.7. The first-order valence-electron chi connectivity index (χ1n) is 17.0. The predicted molar refractivity (Wildman–Crippen MR) is 190 cm³/mol. The Labute approximate surface area is 285 Å². The third-order valence-corrected chi connectivity index (χ3v) is 8.54. The molecule has 0 saturated heterocycles. The van der Waals surface area contributed by atoms with Gasteiger partial charge in [0.1, 0.15) is 17.5 Å². The zero-order chi connectivity index (χ0) is 35.1. The molecule has 0 radical (unpaired) electrons. The van der Waals surface area contributed by atoms with Gasteiger partial charge in [-0.05, 0) is 107 Å². The molecule has 0 aromatic heterocycles. The van der Waals surface area contributed by atoms with Gasteiger partial charge in [-0.15, -0.1) is 0 Å². The number of ether oxygens (including phenoxy) is 3. The molecule has 1 aliphatic carbocycles. The van der Waals surface area contributed by atoms with Crippen LogP contribution in [0.3, 0.4) is 0 Å². The molecule has 4 rings (SSSR count). The molecule has 1 amide bonds. The third-order valence-electron chi connectivity index (χ3n) is 8.54. The van der Waals surface area contributed by atoms with E-state index in [0.29, 0.717) is 51.4 Å². The Morgan fingerprint density at radius 3 is 2.46 bits per heavy atom. The summed E-state index contributed by atoms with van der Waals surface area (Å²) < 4.78 is 17.0. The highest BCUT2D eigenvalue weighted by Gasteiger charge is 2.27. The minimum atomic E-state index is -0.554. The second kappa shape index (κ2) is 15.9. The Hall–Kier alpha value is -4.11. The van der Waals surface area contributed by atoms with E-state index in [0.717, 1.165) is 52.6 Å². The summed E-state index contributed by atoms with van der Waals surface area (Å²) in [7, 11) is 0. The molecule has 0 bridgehead atoms. The molecule has 9 heteroatoms. The minimum absolute atomic E-state index is 0.160. The van der Waals surface area contributed by atoms with E-state index in [9.17, 15) is 14.4 Å². The van der Waals surface area contributed by atoms with Crippen LogP contribution in [-0.4, -0.2) is 60.8 Å². The van der Waals surface area contributed by atoms with E-state index in [4.69, 9.17) is 19.9 Å². The Bertz CT molecular complexity index is 1530. The number of esters is 1. The summed E-state index contributed by atoms with van der Waals surface area (Å²) in [6, 6.07) is 10.3. The fourth-order valence-corrected chi connectivity index (χ4v) is 6.04. The molecule has 1 aliphatic heterocycles. The Balaban J connectivity index is 1.31. The number of nitrogens with one attached hydrogen (secondary N) is 1. The second-order valence-corrected chi connectivity index (χ2v) is 14.7. The Morgan fingerprint density at radius 1 is 1.04 bits per heavy atom. The number of nitrogen functional groups attached to an aromatic ring is 1. The molecule has 0 fully saturated rings. The van der Waals surface area contributed by atoms with Gasteiger partial charge in [0.15, 0.2) is 0 Å². The highest BCUT2D eigenvalue weighted by molar-refractivity contribution is 5.76. The monoisotopic (exact) mass is 659 g/mol. The lowest BCUT2D eigenvalue weighted by molar-refractivity contribution is -0.158. The maximum atomic E-state index is 12.7. The topological polar surface area (TPSA) is 120 Å². The van der Waals surface area contributed by atoms with E-state index in [1.54, 1.807) is 4.90 Å². The maximum absolute atomic E-state index is 12.7. The molecule has 0 saturated carbocycles. The van der Waals surface area contributed by atoms with Crippen molar-refractivity contribution in [1.29, 1.82) is 0 Å². The van der Waals surface area contributed by atoms with Crippen molar-refractivity contribution in [2.75, 3.05) is 37.4 Å². The van der Waals surface area contributed by atoms with Crippen LogP contribution in [0.5, 0.6) is 0 Å². The number of nitrogens with zero attached hydrogens (tertiary/aromatic N) is 1. The van der Waals surface area contributed by atoms with Crippen molar-refractivity contribution >= 4 is 29.7 Å². The van der Waals surface area contributed by atoms with E-state index in [-0.39, 0.29) is 23.9 Å². The van der Waals surface area contributed by atoms with Gasteiger partial charge in [0, 0.05) is 32.0 Å². The summed E-state index contributed by atoms with van der Waals surface area (Å²) in [5, 5.41) is 3.39. The molecule has 2 atom stereocenters. The van der Waals surface area contributed by atoms with Gasteiger partial charge in [0.05, 0.1) is 30.5 Å². The standard InChI is InChI=1S/C39H53N3O6/c1-26-32(33(17-21-43)30-13-12-28-16-20-42(25-31(28)24-30)37(45)48-39(5,6)7)14-15-34(35(26)40)41-19-23-46-22-18-27-8-10-29(11-9-27)36(44)47-38(2,3)4/h8-10,12-15,21,24,29,33,41H,11,16-20,22-23,25,40H2,1-7H3. The average molecular weight is 660 g/mol. The van der Waals surface area contributed by atoms with Gasteiger partial charge in [-0.1, -0.05) is 42.5 Å². The number of rotatable bonds is 12. The fourth-order valence-electron chi connectivity index (χ4n) is 6.04. The molecule has 48 heavy (non-hydrogen) atoms. The van der Waals surface area contributed by atoms with Gasteiger partial charge >= 0.3 is 12.1 Å². The number of nitrogens with two attached hydrogens (primary N) is 1. The lowest BCUT2D eigenvalue weighted by Crippen LogP contribution is -2.39. The summed E-state index contributed by atoms with van der Waals surface area (Å²) in [5.41, 5.74) is 13.4. The summed E-state index contributed by atoms with van der Waals surface area (Å²) in [5.74, 6) is -0.584. The Kier molecular flexibility index (Phi) is 12.1. The molecular weight excluding hydrogens is 606 g/mol. The normalized spacial score (nSPS) is 16.9. The number of allylic oxidation sites excluding steroid dienone is 2. The SMILES string of the molecule is Cc1c(C(CC=O)c2ccc3c(c2)CN(C(=O)OC(C)(C)C)CC3)ccc(NCCOCCC2=CCC(C(=O)OC(C)(C)C)C=C2)c1N. The van der Waals surface area contributed by atoms with Gasteiger partial charge in [-0.25, -0.2) is 4.79 Å². The quantitative estimate of drug-likeness (QED) is 0.106. The number of anilines is 2. The molecule has 1 heterocycles. The van der Waals surface area contributed by atoms with Crippen LogP contribution >= 0.6 is 0 Å². The average Bonchev–Trinajstić information content (AvgIpc) is 3.02. The van der Waals surface area contributed by atoms with Crippen molar-refractivity contribution < 1.29 is 28.6 Å². The molecular formula is C39H53N3O6. The summed E-state index contributed by atoms with van der Waals surface area (Å²) in [6.07, 6.45) is 9.13. The van der Waals surface area contributed by atoms with Crippen LogP contribution in [-0.2, 0) is 36.8 Å². The van der Waals surface area contributed by atoms with Gasteiger partial charge in [-0.3, -0.25) is 4.79 Å². The van der Waals surface area contributed by atoms with E-state index < -0.39 is 11.2 Å². The number of benzene rings is 2. The first kappa shape index (κ1) is 36.7. The summed E-state index contributed by atoms with van der Waals surface area (Å²) >= 11 is 0. The molecule has 2 unspecified atom stereocenters. The van der Waals surface area contributed by atoms with E-state index in [1.165, 1.54) is 5.56 Å². The third kappa shape index (κ3) is 10.2. The van der Waals surface area contributed by atoms with Crippen molar-refractivity contribution in [2.45, 2.75) is 97.8 Å².